The molecule has 0 atom stereocenters. The lowest BCUT2D eigenvalue weighted by atomic mass is 10.1. The van der Waals surface area contributed by atoms with E-state index in [1.807, 2.05) is 0 Å². The molecule has 0 heterocycles. The highest BCUT2D eigenvalue weighted by molar-refractivity contribution is 5.50. The van der Waals surface area contributed by atoms with Crippen molar-refractivity contribution in [1.82, 2.24) is 0 Å². The summed E-state index contributed by atoms with van der Waals surface area (Å²) >= 11 is 0. The Morgan fingerprint density at radius 3 is 2.40 bits per heavy atom. The molecule has 0 aliphatic heterocycles. The molecule has 0 unspecified atom stereocenters. The van der Waals surface area contributed by atoms with Gasteiger partial charge < -0.3 is 5.11 Å². The van der Waals surface area contributed by atoms with Gasteiger partial charge in [0.1, 0.15) is 5.82 Å². The van der Waals surface area contributed by atoms with E-state index < -0.39 is 17.6 Å². The van der Waals surface area contributed by atoms with Gasteiger partial charge in [0, 0.05) is 5.56 Å². The largest absolute Gasteiger partial charge is 0.416 e. The van der Waals surface area contributed by atoms with E-state index in [0.29, 0.717) is 6.07 Å². The fraction of sp³-hybridized carbons (Fsp3) is 0.200. The van der Waals surface area contributed by atoms with Crippen molar-refractivity contribution in [3.8, 4) is 0 Å². The summed E-state index contributed by atoms with van der Waals surface area (Å²) in [6.07, 6.45) is -2.08. The highest BCUT2D eigenvalue weighted by Gasteiger charge is 2.30. The van der Waals surface area contributed by atoms with Crippen molar-refractivity contribution in [2.45, 2.75) is 6.18 Å². The van der Waals surface area contributed by atoms with Crippen molar-refractivity contribution < 1.29 is 22.7 Å². The van der Waals surface area contributed by atoms with Crippen molar-refractivity contribution in [1.29, 1.82) is 0 Å². The Balaban J connectivity index is 3.04. The Labute approximate surface area is 83.7 Å². The van der Waals surface area contributed by atoms with Gasteiger partial charge in [0.2, 0.25) is 0 Å². The summed E-state index contributed by atoms with van der Waals surface area (Å²) in [5.74, 6) is -0.963. The lowest BCUT2D eigenvalue weighted by Crippen LogP contribution is -2.05. The molecule has 1 nitrogen and oxygen atoms in total. The van der Waals surface area contributed by atoms with Crippen LogP contribution in [-0.4, -0.2) is 11.7 Å². The Morgan fingerprint density at radius 2 is 1.93 bits per heavy atom. The highest BCUT2D eigenvalue weighted by Crippen LogP contribution is 2.30. The third-order valence-corrected chi connectivity index (χ3v) is 1.73. The monoisotopic (exact) mass is 220 g/mol. The summed E-state index contributed by atoms with van der Waals surface area (Å²) in [6, 6.07) is 2.24. The molecule has 1 rings (SSSR count). The lowest BCUT2D eigenvalue weighted by Gasteiger charge is -2.07. The molecule has 82 valence electrons. The second kappa shape index (κ2) is 4.44. The zero-order valence-electron chi connectivity index (χ0n) is 7.55. The van der Waals surface area contributed by atoms with E-state index in [2.05, 4.69) is 0 Å². The number of alkyl halides is 3. The summed E-state index contributed by atoms with van der Waals surface area (Å²) in [7, 11) is 0. The second-order valence-corrected chi connectivity index (χ2v) is 2.82. The van der Waals surface area contributed by atoms with Crippen LogP contribution in [0.5, 0.6) is 0 Å². The maximum absolute atomic E-state index is 13.1. The lowest BCUT2D eigenvalue weighted by molar-refractivity contribution is -0.137. The average molecular weight is 220 g/mol. The molecule has 0 radical (unpaired) electrons. The number of hydrogen-bond acceptors (Lipinski definition) is 1. The van der Waals surface area contributed by atoms with E-state index in [0.717, 1.165) is 12.1 Å². The molecule has 0 fully saturated rings. The number of rotatable bonds is 2. The third-order valence-electron chi connectivity index (χ3n) is 1.73. The zero-order valence-corrected chi connectivity index (χ0v) is 7.55. The predicted octanol–water partition coefficient (Wildman–Crippen LogP) is 2.85. The van der Waals surface area contributed by atoms with Crippen molar-refractivity contribution in [2.24, 2.45) is 0 Å². The minimum absolute atomic E-state index is 0.0112. The average Bonchev–Trinajstić information content (AvgIpc) is 2.14. The van der Waals surface area contributed by atoms with Gasteiger partial charge in [0.25, 0.3) is 0 Å². The van der Waals surface area contributed by atoms with Crippen LogP contribution >= 0.6 is 0 Å². The first kappa shape index (κ1) is 11.7. The van der Waals surface area contributed by atoms with Crippen LogP contribution in [0.15, 0.2) is 24.3 Å². The molecule has 15 heavy (non-hydrogen) atoms. The van der Waals surface area contributed by atoms with Crippen LogP contribution in [0.1, 0.15) is 11.1 Å². The summed E-state index contributed by atoms with van der Waals surface area (Å²) in [6.45, 7) is -0.291. The minimum atomic E-state index is -4.54. The first-order valence-corrected chi connectivity index (χ1v) is 4.09. The van der Waals surface area contributed by atoms with E-state index in [9.17, 15) is 17.6 Å². The molecule has 1 aromatic rings. The molecule has 0 aromatic heterocycles. The molecule has 0 spiro atoms. The van der Waals surface area contributed by atoms with Crippen LogP contribution in [0.4, 0.5) is 17.6 Å². The van der Waals surface area contributed by atoms with Gasteiger partial charge in [-0.05, 0) is 12.1 Å². The molecule has 5 heteroatoms. The molecular weight excluding hydrogens is 212 g/mol. The highest BCUT2D eigenvalue weighted by atomic mass is 19.4. The topological polar surface area (TPSA) is 20.2 Å². The quantitative estimate of drug-likeness (QED) is 0.760. The van der Waals surface area contributed by atoms with Crippen LogP contribution in [-0.2, 0) is 6.18 Å². The van der Waals surface area contributed by atoms with Crippen LogP contribution < -0.4 is 0 Å². The fourth-order valence-corrected chi connectivity index (χ4v) is 1.02. The molecule has 1 N–H and O–H groups in total. The summed E-state index contributed by atoms with van der Waals surface area (Å²) < 4.78 is 49.5. The van der Waals surface area contributed by atoms with Gasteiger partial charge in [-0.25, -0.2) is 4.39 Å². The molecule has 0 aliphatic carbocycles. The van der Waals surface area contributed by atoms with Gasteiger partial charge in [-0.3, -0.25) is 0 Å². The van der Waals surface area contributed by atoms with Crippen LogP contribution in [0.25, 0.3) is 6.08 Å². The van der Waals surface area contributed by atoms with E-state index in [1.165, 1.54) is 12.2 Å². The Hall–Kier alpha value is -1.36. The van der Waals surface area contributed by atoms with Crippen molar-refractivity contribution in [3.63, 3.8) is 0 Å². The van der Waals surface area contributed by atoms with Gasteiger partial charge in [-0.15, -0.1) is 0 Å². The van der Waals surface area contributed by atoms with Crippen molar-refractivity contribution in [3.05, 3.63) is 41.2 Å². The zero-order chi connectivity index (χ0) is 11.5. The second-order valence-electron chi connectivity index (χ2n) is 2.82. The molecular formula is C10H8F4O. The number of halogens is 4. The fourth-order valence-electron chi connectivity index (χ4n) is 1.02. The van der Waals surface area contributed by atoms with E-state index >= 15 is 0 Å². The maximum atomic E-state index is 13.1. The molecule has 0 saturated carbocycles. The number of benzene rings is 1. The van der Waals surface area contributed by atoms with Gasteiger partial charge in [-0.2, -0.15) is 13.2 Å². The summed E-state index contributed by atoms with van der Waals surface area (Å²) in [5, 5.41) is 8.41. The van der Waals surface area contributed by atoms with Gasteiger partial charge >= 0.3 is 6.18 Å². The molecule has 0 bridgehead atoms. The normalized spacial score (nSPS) is 12.3. The first-order valence-electron chi connectivity index (χ1n) is 4.09. The van der Waals surface area contributed by atoms with E-state index in [4.69, 9.17) is 5.11 Å². The molecule has 0 aliphatic rings. The number of aliphatic hydroxyl groups is 1. The number of hydrogen-bond donors (Lipinski definition) is 1. The van der Waals surface area contributed by atoms with Crippen molar-refractivity contribution >= 4 is 6.08 Å². The van der Waals surface area contributed by atoms with Crippen LogP contribution in [0.3, 0.4) is 0 Å². The van der Waals surface area contributed by atoms with Gasteiger partial charge in [0.15, 0.2) is 0 Å². The Bertz CT molecular complexity index is 368. The van der Waals surface area contributed by atoms with Gasteiger partial charge in [0.05, 0.1) is 12.2 Å². The molecule has 0 amide bonds. The summed E-state index contributed by atoms with van der Waals surface area (Å²) in [5.41, 5.74) is -1.02. The molecule has 1 aromatic carbocycles. The first-order chi connectivity index (χ1) is 6.95. The van der Waals surface area contributed by atoms with Crippen molar-refractivity contribution in [2.75, 3.05) is 6.61 Å². The number of aliphatic hydroxyl groups excluding tert-OH is 1. The Morgan fingerprint density at radius 1 is 1.27 bits per heavy atom. The maximum Gasteiger partial charge on any atom is 0.416 e. The third kappa shape index (κ3) is 3.06. The standard InChI is InChI=1S/C10H8F4O/c11-9-6-8(10(12,13)14)4-3-7(9)2-1-5-15/h1-4,6,15H,5H2. The Kier molecular flexibility index (Phi) is 3.47. The van der Waals surface area contributed by atoms with E-state index in [1.54, 1.807) is 0 Å². The minimum Gasteiger partial charge on any atom is -0.392 e. The van der Waals surface area contributed by atoms with Crippen LogP contribution in [0.2, 0.25) is 0 Å². The molecule has 0 saturated heterocycles. The van der Waals surface area contributed by atoms with E-state index in [-0.39, 0.29) is 12.2 Å². The summed E-state index contributed by atoms with van der Waals surface area (Å²) in [4.78, 5) is 0. The van der Waals surface area contributed by atoms with Gasteiger partial charge in [-0.1, -0.05) is 18.2 Å². The van der Waals surface area contributed by atoms with Crippen LogP contribution in [0, 0.1) is 5.82 Å². The predicted molar refractivity (Wildman–Crippen MR) is 47.5 cm³/mol. The SMILES string of the molecule is OCC=Cc1ccc(C(F)(F)F)cc1F. The smallest absolute Gasteiger partial charge is 0.392 e.